The molecule has 0 spiro atoms. The van der Waals surface area contributed by atoms with Crippen LogP contribution in [0.2, 0.25) is 0 Å². The molecule has 0 aliphatic carbocycles. The van der Waals surface area contributed by atoms with E-state index < -0.39 is 12.0 Å². The molecule has 1 aromatic carbocycles. The van der Waals surface area contributed by atoms with Gasteiger partial charge in [0, 0.05) is 11.6 Å². The first-order valence-corrected chi connectivity index (χ1v) is 5.73. The number of rotatable bonds is 4. The maximum absolute atomic E-state index is 12.0. The summed E-state index contributed by atoms with van der Waals surface area (Å²) >= 11 is 0. The summed E-state index contributed by atoms with van der Waals surface area (Å²) in [6.07, 6.45) is 2.09. The molecule has 18 heavy (non-hydrogen) atoms. The van der Waals surface area contributed by atoms with E-state index in [1.165, 1.54) is 0 Å². The third-order valence-electron chi connectivity index (χ3n) is 2.84. The summed E-state index contributed by atoms with van der Waals surface area (Å²) in [5, 5.41) is 12.3. The maximum atomic E-state index is 12.0. The summed E-state index contributed by atoms with van der Waals surface area (Å²) < 4.78 is 0. The van der Waals surface area contributed by atoms with E-state index in [4.69, 9.17) is 5.11 Å². The first-order valence-electron chi connectivity index (χ1n) is 5.73. The number of aromatic amines is 1. The highest BCUT2D eigenvalue weighted by molar-refractivity contribution is 6.06. The molecule has 3 N–H and O–H groups in total. The second-order valence-corrected chi connectivity index (χ2v) is 4.02. The molecule has 5 heteroatoms. The van der Waals surface area contributed by atoms with E-state index in [0.29, 0.717) is 12.0 Å². The molecule has 2 aromatic rings. The lowest BCUT2D eigenvalue weighted by atomic mass is 10.1. The van der Waals surface area contributed by atoms with Crippen LogP contribution >= 0.6 is 0 Å². The molecule has 0 saturated carbocycles. The molecule has 0 radical (unpaired) electrons. The molecule has 0 aliphatic heterocycles. The molecule has 0 aliphatic rings. The third kappa shape index (κ3) is 2.20. The van der Waals surface area contributed by atoms with Crippen LogP contribution in [-0.2, 0) is 4.79 Å². The van der Waals surface area contributed by atoms with Crippen LogP contribution in [-0.4, -0.2) is 28.0 Å². The number of aromatic nitrogens is 1. The van der Waals surface area contributed by atoms with E-state index >= 15 is 0 Å². The van der Waals surface area contributed by atoms with E-state index in [2.05, 4.69) is 10.3 Å². The van der Waals surface area contributed by atoms with E-state index in [1.807, 2.05) is 12.1 Å². The normalized spacial score (nSPS) is 12.3. The lowest BCUT2D eigenvalue weighted by molar-refractivity contribution is -0.139. The lowest BCUT2D eigenvalue weighted by Gasteiger charge is -2.12. The highest BCUT2D eigenvalue weighted by Crippen LogP contribution is 2.16. The van der Waals surface area contributed by atoms with Crippen molar-refractivity contribution in [3.8, 4) is 0 Å². The molecule has 0 saturated heterocycles. The predicted molar refractivity (Wildman–Crippen MR) is 67.5 cm³/mol. The van der Waals surface area contributed by atoms with Crippen LogP contribution in [0.5, 0.6) is 0 Å². The third-order valence-corrected chi connectivity index (χ3v) is 2.84. The van der Waals surface area contributed by atoms with Crippen LogP contribution < -0.4 is 5.32 Å². The Kier molecular flexibility index (Phi) is 3.32. The SMILES string of the molecule is CC[C@H](NC(=O)c1cccc2cc[nH]c12)C(=O)O. The van der Waals surface area contributed by atoms with Crippen molar-refractivity contribution in [3.05, 3.63) is 36.0 Å². The van der Waals surface area contributed by atoms with Crippen molar-refractivity contribution in [2.75, 3.05) is 0 Å². The number of carboxylic acids is 1. The molecular weight excluding hydrogens is 232 g/mol. The van der Waals surface area contributed by atoms with Gasteiger partial charge >= 0.3 is 5.97 Å². The van der Waals surface area contributed by atoms with Gasteiger partial charge in [0.05, 0.1) is 11.1 Å². The van der Waals surface area contributed by atoms with Gasteiger partial charge in [0.25, 0.3) is 5.91 Å². The standard InChI is InChI=1S/C13H14N2O3/c1-2-10(13(17)18)15-12(16)9-5-3-4-8-6-7-14-11(8)9/h3-7,10,14H,2H2,1H3,(H,15,16)(H,17,18)/t10-/m0/s1. The van der Waals surface area contributed by atoms with Gasteiger partial charge in [0.15, 0.2) is 0 Å². The summed E-state index contributed by atoms with van der Waals surface area (Å²) in [5.41, 5.74) is 1.17. The fourth-order valence-corrected chi connectivity index (χ4v) is 1.85. The van der Waals surface area contributed by atoms with E-state index in [0.717, 1.165) is 10.9 Å². The maximum Gasteiger partial charge on any atom is 0.326 e. The molecule has 1 atom stereocenters. The summed E-state index contributed by atoms with van der Waals surface area (Å²) in [7, 11) is 0. The van der Waals surface area contributed by atoms with Gasteiger partial charge < -0.3 is 15.4 Å². The number of hydrogen-bond donors (Lipinski definition) is 3. The largest absolute Gasteiger partial charge is 0.480 e. The van der Waals surface area contributed by atoms with Crippen LogP contribution in [0.25, 0.3) is 10.9 Å². The molecule has 1 amide bonds. The average Bonchev–Trinajstić information content (AvgIpc) is 2.82. The molecule has 0 unspecified atom stereocenters. The van der Waals surface area contributed by atoms with Gasteiger partial charge in [0.2, 0.25) is 0 Å². The van der Waals surface area contributed by atoms with E-state index in [-0.39, 0.29) is 5.91 Å². The molecule has 94 valence electrons. The van der Waals surface area contributed by atoms with Crippen molar-refractivity contribution < 1.29 is 14.7 Å². The van der Waals surface area contributed by atoms with Gasteiger partial charge in [-0.05, 0) is 18.6 Å². The topological polar surface area (TPSA) is 82.2 Å². The van der Waals surface area contributed by atoms with Gasteiger partial charge in [-0.3, -0.25) is 4.79 Å². The van der Waals surface area contributed by atoms with Crippen LogP contribution in [0.15, 0.2) is 30.5 Å². The van der Waals surface area contributed by atoms with Gasteiger partial charge in [-0.1, -0.05) is 19.1 Å². The lowest BCUT2D eigenvalue weighted by Crippen LogP contribution is -2.40. The van der Waals surface area contributed by atoms with Crippen LogP contribution in [0, 0.1) is 0 Å². The summed E-state index contributed by atoms with van der Waals surface area (Å²) in [6.45, 7) is 1.72. The van der Waals surface area contributed by atoms with E-state index in [9.17, 15) is 9.59 Å². The van der Waals surface area contributed by atoms with Gasteiger partial charge in [-0.15, -0.1) is 0 Å². The summed E-state index contributed by atoms with van der Waals surface area (Å²) in [6, 6.07) is 6.33. The fraction of sp³-hybridized carbons (Fsp3) is 0.231. The molecule has 1 aromatic heterocycles. The Bertz CT molecular complexity index is 589. The number of benzene rings is 1. The van der Waals surface area contributed by atoms with Crippen molar-refractivity contribution in [3.63, 3.8) is 0 Å². The minimum absolute atomic E-state index is 0.349. The zero-order chi connectivity index (χ0) is 13.1. The van der Waals surface area contributed by atoms with Crippen LogP contribution in [0.4, 0.5) is 0 Å². The van der Waals surface area contributed by atoms with Gasteiger partial charge in [-0.2, -0.15) is 0 Å². The number of carbonyl (C=O) groups excluding carboxylic acids is 1. The molecule has 1 heterocycles. The smallest absolute Gasteiger partial charge is 0.326 e. The Hall–Kier alpha value is -2.30. The Morgan fingerprint density at radius 1 is 1.39 bits per heavy atom. The Morgan fingerprint density at radius 2 is 2.17 bits per heavy atom. The summed E-state index contributed by atoms with van der Waals surface area (Å²) in [4.78, 5) is 25.9. The number of nitrogens with one attached hydrogen (secondary N) is 2. The second kappa shape index (κ2) is 4.91. The van der Waals surface area contributed by atoms with Crippen molar-refractivity contribution in [1.29, 1.82) is 0 Å². The first kappa shape index (κ1) is 12.2. The first-order chi connectivity index (χ1) is 8.63. The molecule has 0 bridgehead atoms. The zero-order valence-corrected chi connectivity index (χ0v) is 9.93. The highest BCUT2D eigenvalue weighted by atomic mass is 16.4. The van der Waals surface area contributed by atoms with Crippen molar-refractivity contribution in [2.24, 2.45) is 0 Å². The van der Waals surface area contributed by atoms with Crippen molar-refractivity contribution in [1.82, 2.24) is 10.3 Å². The zero-order valence-electron chi connectivity index (χ0n) is 9.93. The Labute approximate surface area is 104 Å². The predicted octanol–water partition coefficient (Wildman–Crippen LogP) is 1.76. The van der Waals surface area contributed by atoms with Gasteiger partial charge in [0.1, 0.15) is 6.04 Å². The van der Waals surface area contributed by atoms with Crippen molar-refractivity contribution in [2.45, 2.75) is 19.4 Å². The van der Waals surface area contributed by atoms with E-state index in [1.54, 1.807) is 25.3 Å². The number of para-hydroxylation sites is 1. The summed E-state index contributed by atoms with van der Waals surface area (Å²) in [5.74, 6) is -1.40. The number of amides is 1. The monoisotopic (exact) mass is 246 g/mol. The highest BCUT2D eigenvalue weighted by Gasteiger charge is 2.19. The Morgan fingerprint density at radius 3 is 2.83 bits per heavy atom. The number of fused-ring (bicyclic) bond motifs is 1. The molecule has 0 fully saturated rings. The average molecular weight is 246 g/mol. The second-order valence-electron chi connectivity index (χ2n) is 4.02. The van der Waals surface area contributed by atoms with Gasteiger partial charge in [-0.25, -0.2) is 4.79 Å². The minimum atomic E-state index is -1.02. The number of H-pyrrole nitrogens is 1. The van der Waals surface area contributed by atoms with Crippen LogP contribution in [0.3, 0.4) is 0 Å². The number of carbonyl (C=O) groups is 2. The molecular formula is C13H14N2O3. The fourth-order valence-electron chi connectivity index (χ4n) is 1.85. The number of aliphatic carboxylic acids is 1. The molecule has 2 rings (SSSR count). The Balaban J connectivity index is 2.28. The number of carboxylic acid groups (broad SMARTS) is 1. The quantitative estimate of drug-likeness (QED) is 0.768. The van der Waals surface area contributed by atoms with Crippen LogP contribution in [0.1, 0.15) is 23.7 Å². The van der Waals surface area contributed by atoms with Crippen molar-refractivity contribution >= 4 is 22.8 Å². The minimum Gasteiger partial charge on any atom is -0.480 e. The number of hydrogen-bond acceptors (Lipinski definition) is 2. The molecule has 5 nitrogen and oxygen atoms in total.